The molecule has 1 aliphatic rings. The SMILES string of the molecule is Cl.NC1(C(=O)Nc2cccc(CS(=O)(=O)Cc3ccccc3)c2)CCCCC1. The highest BCUT2D eigenvalue weighted by molar-refractivity contribution is 7.89. The number of halogens is 1. The number of anilines is 1. The maximum Gasteiger partial charge on any atom is 0.244 e. The van der Waals surface area contributed by atoms with Crippen molar-refractivity contribution < 1.29 is 13.2 Å². The van der Waals surface area contributed by atoms with E-state index in [-0.39, 0.29) is 29.8 Å². The van der Waals surface area contributed by atoms with Crippen molar-refractivity contribution in [2.45, 2.75) is 49.1 Å². The van der Waals surface area contributed by atoms with E-state index >= 15 is 0 Å². The molecule has 152 valence electrons. The van der Waals surface area contributed by atoms with Crippen LogP contribution in [0.4, 0.5) is 5.69 Å². The summed E-state index contributed by atoms with van der Waals surface area (Å²) in [4.78, 5) is 12.6. The van der Waals surface area contributed by atoms with Gasteiger partial charge in [0.25, 0.3) is 0 Å². The number of hydrogen-bond donors (Lipinski definition) is 2. The summed E-state index contributed by atoms with van der Waals surface area (Å²) in [5.74, 6) is -0.262. The molecular weight excluding hydrogens is 396 g/mol. The Kier molecular flexibility index (Phi) is 7.63. The molecule has 3 N–H and O–H groups in total. The fourth-order valence-electron chi connectivity index (χ4n) is 3.54. The molecule has 1 saturated carbocycles. The molecule has 2 aromatic carbocycles. The first-order chi connectivity index (χ1) is 12.9. The molecular formula is C21H27ClN2O3S. The maximum atomic E-state index is 12.6. The van der Waals surface area contributed by atoms with Gasteiger partial charge in [0.1, 0.15) is 0 Å². The Morgan fingerprint density at radius 3 is 2.21 bits per heavy atom. The van der Waals surface area contributed by atoms with E-state index in [9.17, 15) is 13.2 Å². The monoisotopic (exact) mass is 422 g/mol. The zero-order valence-corrected chi connectivity index (χ0v) is 17.4. The first-order valence-corrected chi connectivity index (χ1v) is 11.1. The Bertz CT molecular complexity index is 895. The molecule has 0 spiro atoms. The molecule has 0 saturated heterocycles. The van der Waals surface area contributed by atoms with Gasteiger partial charge in [-0.25, -0.2) is 8.42 Å². The second-order valence-electron chi connectivity index (χ2n) is 7.39. The molecule has 5 nitrogen and oxygen atoms in total. The predicted molar refractivity (Wildman–Crippen MR) is 115 cm³/mol. The number of carbonyl (C=O) groups excluding carboxylic acids is 1. The number of amides is 1. The van der Waals surface area contributed by atoms with Gasteiger partial charge in [0.05, 0.1) is 17.0 Å². The number of carbonyl (C=O) groups is 1. The minimum absolute atomic E-state index is 0. The summed E-state index contributed by atoms with van der Waals surface area (Å²) in [6.45, 7) is 0. The van der Waals surface area contributed by atoms with Crippen LogP contribution in [0.2, 0.25) is 0 Å². The van der Waals surface area contributed by atoms with E-state index in [2.05, 4.69) is 5.32 Å². The van der Waals surface area contributed by atoms with Crippen LogP contribution in [-0.2, 0) is 26.1 Å². The van der Waals surface area contributed by atoms with Crippen LogP contribution < -0.4 is 11.1 Å². The van der Waals surface area contributed by atoms with E-state index in [4.69, 9.17) is 5.73 Å². The van der Waals surface area contributed by atoms with Crippen molar-refractivity contribution in [1.82, 2.24) is 0 Å². The number of hydrogen-bond acceptors (Lipinski definition) is 4. The summed E-state index contributed by atoms with van der Waals surface area (Å²) in [7, 11) is -3.30. The van der Waals surface area contributed by atoms with Crippen LogP contribution >= 0.6 is 12.4 Å². The van der Waals surface area contributed by atoms with E-state index in [1.807, 2.05) is 18.2 Å². The van der Waals surface area contributed by atoms with E-state index in [0.29, 0.717) is 24.1 Å². The van der Waals surface area contributed by atoms with Gasteiger partial charge in [-0.2, -0.15) is 0 Å². The highest BCUT2D eigenvalue weighted by Gasteiger charge is 2.35. The smallest absolute Gasteiger partial charge is 0.244 e. The number of rotatable bonds is 6. The highest BCUT2D eigenvalue weighted by Crippen LogP contribution is 2.27. The molecule has 0 bridgehead atoms. The lowest BCUT2D eigenvalue weighted by Crippen LogP contribution is -2.52. The van der Waals surface area contributed by atoms with Gasteiger partial charge in [0.15, 0.2) is 9.84 Å². The normalized spacial score (nSPS) is 16.0. The van der Waals surface area contributed by atoms with Gasteiger partial charge < -0.3 is 11.1 Å². The summed E-state index contributed by atoms with van der Waals surface area (Å²) >= 11 is 0. The Hall–Kier alpha value is -1.89. The zero-order chi connectivity index (χ0) is 19.3. The molecule has 0 unspecified atom stereocenters. The van der Waals surface area contributed by atoms with Gasteiger partial charge in [0.2, 0.25) is 5.91 Å². The lowest BCUT2D eigenvalue weighted by molar-refractivity contribution is -0.122. The second kappa shape index (κ2) is 9.54. The second-order valence-corrected chi connectivity index (χ2v) is 9.45. The Labute approximate surface area is 173 Å². The largest absolute Gasteiger partial charge is 0.324 e. The van der Waals surface area contributed by atoms with Crippen molar-refractivity contribution in [3.05, 3.63) is 65.7 Å². The molecule has 1 fully saturated rings. The van der Waals surface area contributed by atoms with Crippen LogP contribution in [0.5, 0.6) is 0 Å². The molecule has 1 aliphatic carbocycles. The minimum atomic E-state index is -3.30. The quantitative estimate of drug-likeness (QED) is 0.740. The third-order valence-corrected chi connectivity index (χ3v) is 6.55. The molecule has 28 heavy (non-hydrogen) atoms. The predicted octanol–water partition coefficient (Wildman–Crippen LogP) is 3.82. The number of benzene rings is 2. The number of nitrogens with two attached hydrogens (primary N) is 1. The molecule has 0 heterocycles. The molecule has 0 radical (unpaired) electrons. The molecule has 0 aromatic heterocycles. The van der Waals surface area contributed by atoms with Crippen LogP contribution in [0.25, 0.3) is 0 Å². The third kappa shape index (κ3) is 6.06. The van der Waals surface area contributed by atoms with Gasteiger partial charge >= 0.3 is 0 Å². The topological polar surface area (TPSA) is 89.3 Å². The standard InChI is InChI=1S/C21H26N2O3S.ClH/c22-21(12-5-2-6-13-21)20(24)23-19-11-7-10-18(14-19)16-27(25,26)15-17-8-3-1-4-9-17;/h1,3-4,7-11,14H,2,5-6,12-13,15-16,22H2,(H,23,24);1H. The summed E-state index contributed by atoms with van der Waals surface area (Å²) in [6.07, 6.45) is 4.40. The molecule has 2 aromatic rings. The Balaban J connectivity index is 0.00000280. The van der Waals surface area contributed by atoms with E-state index in [0.717, 1.165) is 24.8 Å². The van der Waals surface area contributed by atoms with Crippen molar-refractivity contribution in [3.63, 3.8) is 0 Å². The van der Waals surface area contributed by atoms with Crippen molar-refractivity contribution in [1.29, 1.82) is 0 Å². The van der Waals surface area contributed by atoms with Crippen molar-refractivity contribution >= 4 is 33.8 Å². The third-order valence-electron chi connectivity index (χ3n) is 5.00. The lowest BCUT2D eigenvalue weighted by Gasteiger charge is -2.31. The summed E-state index contributed by atoms with van der Waals surface area (Å²) in [5.41, 5.74) is 7.45. The van der Waals surface area contributed by atoms with E-state index in [1.165, 1.54) is 0 Å². The van der Waals surface area contributed by atoms with Gasteiger partial charge in [-0.05, 0) is 36.1 Å². The Morgan fingerprint density at radius 1 is 0.929 bits per heavy atom. The average molecular weight is 423 g/mol. The molecule has 0 atom stereocenters. The van der Waals surface area contributed by atoms with Crippen molar-refractivity contribution in [2.24, 2.45) is 5.73 Å². The van der Waals surface area contributed by atoms with Crippen LogP contribution in [0.1, 0.15) is 43.2 Å². The molecule has 7 heteroatoms. The highest BCUT2D eigenvalue weighted by atomic mass is 35.5. The van der Waals surface area contributed by atoms with Gasteiger partial charge in [-0.1, -0.05) is 61.7 Å². The number of sulfone groups is 1. The molecule has 3 rings (SSSR count). The first-order valence-electron chi connectivity index (χ1n) is 9.30. The fraction of sp³-hybridized carbons (Fsp3) is 0.381. The van der Waals surface area contributed by atoms with Crippen molar-refractivity contribution in [2.75, 3.05) is 5.32 Å². The summed E-state index contributed by atoms with van der Waals surface area (Å²) in [5, 5.41) is 2.87. The first kappa shape index (κ1) is 22.4. The van der Waals surface area contributed by atoms with Crippen LogP contribution in [0, 0.1) is 0 Å². The van der Waals surface area contributed by atoms with Crippen LogP contribution in [0.3, 0.4) is 0 Å². The summed E-state index contributed by atoms with van der Waals surface area (Å²) in [6, 6.07) is 16.1. The van der Waals surface area contributed by atoms with Crippen LogP contribution in [0.15, 0.2) is 54.6 Å². The maximum absolute atomic E-state index is 12.6. The van der Waals surface area contributed by atoms with Gasteiger partial charge in [-0.3, -0.25) is 4.79 Å². The van der Waals surface area contributed by atoms with Gasteiger partial charge in [0, 0.05) is 5.69 Å². The van der Waals surface area contributed by atoms with E-state index < -0.39 is 15.4 Å². The van der Waals surface area contributed by atoms with Crippen LogP contribution in [-0.4, -0.2) is 19.9 Å². The summed E-state index contributed by atoms with van der Waals surface area (Å²) < 4.78 is 25.0. The van der Waals surface area contributed by atoms with Gasteiger partial charge in [-0.15, -0.1) is 12.4 Å². The molecule has 0 aliphatic heterocycles. The fourth-order valence-corrected chi connectivity index (χ4v) is 5.03. The zero-order valence-electron chi connectivity index (χ0n) is 15.8. The van der Waals surface area contributed by atoms with E-state index in [1.54, 1.807) is 36.4 Å². The Morgan fingerprint density at radius 2 is 1.54 bits per heavy atom. The minimum Gasteiger partial charge on any atom is -0.324 e. The molecule has 1 amide bonds. The number of nitrogens with one attached hydrogen (secondary N) is 1. The lowest BCUT2D eigenvalue weighted by atomic mass is 9.82. The average Bonchev–Trinajstić information content (AvgIpc) is 2.62. The van der Waals surface area contributed by atoms with Crippen molar-refractivity contribution in [3.8, 4) is 0 Å².